The average molecular weight is 420 g/mol. The van der Waals surface area contributed by atoms with Crippen LogP contribution in [0.25, 0.3) is 0 Å². The van der Waals surface area contributed by atoms with Gasteiger partial charge in [0.1, 0.15) is 11.1 Å². The van der Waals surface area contributed by atoms with E-state index in [1.807, 2.05) is 6.07 Å². The molecule has 2 aromatic heterocycles. The topological polar surface area (TPSA) is 56.1 Å². The SMILES string of the molecule is N#Cc1c(NC(=O)CN2CCc3sccc3[C@@H]2c2ccccc2)sc2c1CCC2. The lowest BCUT2D eigenvalue weighted by Crippen LogP contribution is -2.40. The molecule has 1 amide bonds. The van der Waals surface area contributed by atoms with E-state index >= 15 is 0 Å². The number of nitrogens with zero attached hydrogens (tertiary/aromatic N) is 2. The molecule has 0 saturated heterocycles. The molecule has 2 aliphatic rings. The highest BCUT2D eigenvalue weighted by Gasteiger charge is 2.31. The van der Waals surface area contributed by atoms with E-state index in [4.69, 9.17) is 0 Å². The lowest BCUT2D eigenvalue weighted by molar-refractivity contribution is -0.117. The second-order valence-corrected chi connectivity index (χ2v) is 9.66. The second-order valence-electron chi connectivity index (χ2n) is 7.55. The maximum Gasteiger partial charge on any atom is 0.239 e. The molecule has 0 fully saturated rings. The highest BCUT2D eigenvalue weighted by molar-refractivity contribution is 7.16. The van der Waals surface area contributed by atoms with E-state index < -0.39 is 0 Å². The highest BCUT2D eigenvalue weighted by Crippen LogP contribution is 2.39. The van der Waals surface area contributed by atoms with E-state index in [1.165, 1.54) is 20.9 Å². The smallest absolute Gasteiger partial charge is 0.239 e. The van der Waals surface area contributed by atoms with Crippen molar-refractivity contribution in [3.63, 3.8) is 0 Å². The number of carbonyl (C=O) groups is 1. The Balaban J connectivity index is 1.38. The molecule has 0 unspecified atom stereocenters. The van der Waals surface area contributed by atoms with Crippen molar-refractivity contribution in [2.45, 2.75) is 31.7 Å². The van der Waals surface area contributed by atoms with E-state index in [1.54, 1.807) is 22.7 Å². The van der Waals surface area contributed by atoms with Crippen LogP contribution in [0.15, 0.2) is 41.8 Å². The molecule has 0 bridgehead atoms. The summed E-state index contributed by atoms with van der Waals surface area (Å²) in [5.41, 5.74) is 4.35. The van der Waals surface area contributed by atoms with Gasteiger partial charge in [0.25, 0.3) is 0 Å². The maximum atomic E-state index is 12.9. The third kappa shape index (κ3) is 3.40. The van der Waals surface area contributed by atoms with E-state index in [-0.39, 0.29) is 11.9 Å². The van der Waals surface area contributed by atoms with Crippen LogP contribution in [0.1, 0.15) is 44.5 Å². The van der Waals surface area contributed by atoms with Gasteiger partial charge in [-0.1, -0.05) is 30.3 Å². The quantitative estimate of drug-likeness (QED) is 0.664. The molecule has 0 spiro atoms. The lowest BCUT2D eigenvalue weighted by atomic mass is 9.93. The number of amides is 1. The summed E-state index contributed by atoms with van der Waals surface area (Å²) in [5.74, 6) is -0.0407. The first-order valence-electron chi connectivity index (χ1n) is 9.94. The Labute approximate surface area is 178 Å². The van der Waals surface area contributed by atoms with Crippen LogP contribution < -0.4 is 5.32 Å². The van der Waals surface area contributed by atoms with Crippen LogP contribution >= 0.6 is 22.7 Å². The number of carbonyl (C=O) groups excluding carboxylic acids is 1. The number of fused-ring (bicyclic) bond motifs is 2. The van der Waals surface area contributed by atoms with Gasteiger partial charge in [-0.15, -0.1) is 22.7 Å². The van der Waals surface area contributed by atoms with Crippen LogP contribution in [0.4, 0.5) is 5.00 Å². The molecule has 5 rings (SSSR count). The van der Waals surface area contributed by atoms with E-state index in [0.717, 1.165) is 42.8 Å². The van der Waals surface area contributed by atoms with Gasteiger partial charge in [0.2, 0.25) is 5.91 Å². The Morgan fingerprint density at radius 1 is 1.17 bits per heavy atom. The summed E-state index contributed by atoms with van der Waals surface area (Å²) < 4.78 is 0. The Morgan fingerprint density at radius 3 is 2.86 bits per heavy atom. The van der Waals surface area contributed by atoms with Crippen LogP contribution in [0.5, 0.6) is 0 Å². The van der Waals surface area contributed by atoms with Gasteiger partial charge >= 0.3 is 0 Å². The normalized spacial score (nSPS) is 18.1. The van der Waals surface area contributed by atoms with Crippen molar-refractivity contribution in [2.75, 3.05) is 18.4 Å². The summed E-state index contributed by atoms with van der Waals surface area (Å²) in [4.78, 5) is 17.9. The lowest BCUT2D eigenvalue weighted by Gasteiger charge is -2.35. The summed E-state index contributed by atoms with van der Waals surface area (Å²) in [6, 6.07) is 15.0. The molecule has 0 radical (unpaired) electrons. The zero-order chi connectivity index (χ0) is 19.8. The Morgan fingerprint density at radius 2 is 2.03 bits per heavy atom. The maximum absolute atomic E-state index is 12.9. The van der Waals surface area contributed by atoms with Gasteiger partial charge in [-0.3, -0.25) is 9.69 Å². The van der Waals surface area contributed by atoms with Crippen LogP contribution in [0, 0.1) is 11.3 Å². The van der Waals surface area contributed by atoms with Crippen molar-refractivity contribution in [1.29, 1.82) is 5.26 Å². The number of nitriles is 1. The van der Waals surface area contributed by atoms with Crippen molar-refractivity contribution >= 4 is 33.6 Å². The largest absolute Gasteiger partial charge is 0.315 e. The molecule has 1 aromatic carbocycles. The Hall–Kier alpha value is -2.46. The molecule has 3 aromatic rings. The molecule has 1 aliphatic carbocycles. The number of nitrogens with one attached hydrogen (secondary N) is 1. The van der Waals surface area contributed by atoms with Crippen molar-refractivity contribution in [3.8, 4) is 6.07 Å². The Bertz CT molecular complexity index is 1090. The summed E-state index contributed by atoms with van der Waals surface area (Å²) in [7, 11) is 0. The predicted molar refractivity (Wildman–Crippen MR) is 118 cm³/mol. The molecule has 1 atom stereocenters. The van der Waals surface area contributed by atoms with Gasteiger partial charge in [-0.05, 0) is 53.8 Å². The minimum atomic E-state index is -0.0407. The van der Waals surface area contributed by atoms with Gasteiger partial charge in [-0.2, -0.15) is 5.26 Å². The van der Waals surface area contributed by atoms with Crippen LogP contribution in [0.3, 0.4) is 0 Å². The van der Waals surface area contributed by atoms with Crippen molar-refractivity contribution in [1.82, 2.24) is 4.90 Å². The number of benzene rings is 1. The van der Waals surface area contributed by atoms with Crippen LogP contribution in [0.2, 0.25) is 0 Å². The monoisotopic (exact) mass is 419 g/mol. The number of thiophene rings is 2. The molecular weight excluding hydrogens is 398 g/mol. The first kappa shape index (κ1) is 18.6. The molecule has 0 saturated carbocycles. The predicted octanol–water partition coefficient (Wildman–Crippen LogP) is 4.76. The fraction of sp³-hybridized carbons (Fsp3) is 0.304. The summed E-state index contributed by atoms with van der Waals surface area (Å²) in [6.07, 6.45) is 4.06. The number of rotatable bonds is 4. The molecule has 1 N–H and O–H groups in total. The van der Waals surface area contributed by atoms with Gasteiger partial charge in [-0.25, -0.2) is 0 Å². The number of aryl methyl sites for hydroxylation is 1. The molecule has 29 heavy (non-hydrogen) atoms. The number of hydrogen-bond donors (Lipinski definition) is 1. The average Bonchev–Trinajstić information content (AvgIpc) is 3.44. The molecule has 1 aliphatic heterocycles. The van der Waals surface area contributed by atoms with Gasteiger partial charge in [0, 0.05) is 16.3 Å². The molecule has 3 heterocycles. The molecule has 146 valence electrons. The Kier molecular flexibility index (Phi) is 4.96. The first-order chi connectivity index (χ1) is 14.2. The third-order valence-corrected chi connectivity index (χ3v) is 8.02. The van der Waals surface area contributed by atoms with Crippen LogP contribution in [-0.2, 0) is 24.1 Å². The van der Waals surface area contributed by atoms with Crippen molar-refractivity contribution in [2.24, 2.45) is 0 Å². The van der Waals surface area contributed by atoms with E-state index in [0.29, 0.717) is 12.1 Å². The number of anilines is 1. The van der Waals surface area contributed by atoms with Gasteiger partial charge < -0.3 is 5.32 Å². The molecule has 4 nitrogen and oxygen atoms in total. The van der Waals surface area contributed by atoms with E-state index in [9.17, 15) is 10.1 Å². The van der Waals surface area contributed by atoms with Gasteiger partial charge in [0.05, 0.1) is 18.2 Å². The fourth-order valence-electron chi connectivity index (χ4n) is 4.53. The first-order valence-corrected chi connectivity index (χ1v) is 11.6. The minimum absolute atomic E-state index is 0.0407. The zero-order valence-electron chi connectivity index (χ0n) is 16.0. The zero-order valence-corrected chi connectivity index (χ0v) is 17.6. The summed E-state index contributed by atoms with van der Waals surface area (Å²) >= 11 is 3.38. The second kappa shape index (κ2) is 7.75. The summed E-state index contributed by atoms with van der Waals surface area (Å²) in [6.45, 7) is 1.18. The number of hydrogen-bond acceptors (Lipinski definition) is 5. The third-order valence-electron chi connectivity index (χ3n) is 5.81. The highest BCUT2D eigenvalue weighted by atomic mass is 32.1. The molecular formula is C23H21N3OS2. The van der Waals surface area contributed by atoms with E-state index in [2.05, 4.69) is 52.0 Å². The fourth-order valence-corrected chi connectivity index (χ4v) is 6.69. The van der Waals surface area contributed by atoms with Gasteiger partial charge in [0.15, 0.2) is 0 Å². The van der Waals surface area contributed by atoms with Crippen molar-refractivity contribution in [3.05, 3.63) is 73.8 Å². The summed E-state index contributed by atoms with van der Waals surface area (Å²) in [5, 5.41) is 15.5. The van der Waals surface area contributed by atoms with Crippen molar-refractivity contribution < 1.29 is 4.79 Å². The standard InChI is InChI=1S/C23H21N3OS2/c24-13-18-16-7-4-8-20(16)29-23(18)25-21(27)14-26-11-9-19-17(10-12-28-19)22(26)15-5-2-1-3-6-15/h1-3,5-6,10,12,22H,4,7-9,11,14H2,(H,25,27)/t22-/m0/s1. The molecule has 6 heteroatoms. The minimum Gasteiger partial charge on any atom is -0.315 e. The van der Waals surface area contributed by atoms with Crippen LogP contribution in [-0.4, -0.2) is 23.9 Å².